The molecule has 0 saturated carbocycles. The third-order valence-corrected chi connectivity index (χ3v) is 3.06. The summed E-state index contributed by atoms with van der Waals surface area (Å²) in [5.74, 6) is 0.574. The number of hydrogen-bond acceptors (Lipinski definition) is 3. The monoisotopic (exact) mass is 228 g/mol. The lowest BCUT2D eigenvalue weighted by molar-refractivity contribution is -0.131. The molecule has 0 aliphatic carbocycles. The van der Waals surface area contributed by atoms with Crippen LogP contribution in [0, 0.1) is 5.92 Å². The molecule has 1 amide bonds. The van der Waals surface area contributed by atoms with Crippen LogP contribution in [0.4, 0.5) is 0 Å². The van der Waals surface area contributed by atoms with E-state index in [1.54, 1.807) is 7.11 Å². The Kier molecular flexibility index (Phi) is 5.22. The Labute approximate surface area is 98.3 Å². The lowest BCUT2D eigenvalue weighted by atomic mass is 10.1. The summed E-state index contributed by atoms with van der Waals surface area (Å²) in [6.07, 6.45) is 2.29. The van der Waals surface area contributed by atoms with Gasteiger partial charge < -0.3 is 9.64 Å². The molecule has 2 unspecified atom stereocenters. The molecule has 0 aromatic heterocycles. The van der Waals surface area contributed by atoms with Gasteiger partial charge in [0.05, 0.1) is 18.8 Å². The highest BCUT2D eigenvalue weighted by Crippen LogP contribution is 2.19. The van der Waals surface area contributed by atoms with Crippen molar-refractivity contribution >= 4 is 5.91 Å². The number of nitrogens with one attached hydrogen (secondary N) is 1. The Morgan fingerprint density at radius 1 is 1.50 bits per heavy atom. The molecule has 1 heterocycles. The number of carbonyl (C=O) groups excluding carboxylic acids is 1. The Morgan fingerprint density at radius 2 is 2.19 bits per heavy atom. The minimum atomic E-state index is -0.0200. The number of nitrogens with zero attached hydrogens (tertiary/aromatic N) is 1. The summed E-state index contributed by atoms with van der Waals surface area (Å²) < 4.78 is 5.05. The first-order valence-corrected chi connectivity index (χ1v) is 6.17. The van der Waals surface area contributed by atoms with Crippen molar-refractivity contribution in [1.29, 1.82) is 0 Å². The second kappa shape index (κ2) is 6.21. The van der Waals surface area contributed by atoms with Crippen molar-refractivity contribution in [2.75, 3.05) is 20.3 Å². The fraction of sp³-hybridized carbons (Fsp3) is 0.917. The van der Waals surface area contributed by atoms with E-state index in [2.05, 4.69) is 26.1 Å². The molecule has 1 aliphatic rings. The standard InChI is InChI=1S/C12H24N2O2/c1-5-6-10-13-11(9(2)3)12(15)14(10)7-8-16-4/h9-11,13H,5-8H2,1-4H3. The molecule has 4 nitrogen and oxygen atoms in total. The van der Waals surface area contributed by atoms with Gasteiger partial charge in [-0.25, -0.2) is 0 Å². The average Bonchev–Trinajstić information content (AvgIpc) is 2.54. The van der Waals surface area contributed by atoms with E-state index in [1.165, 1.54) is 0 Å². The van der Waals surface area contributed by atoms with Gasteiger partial charge in [0.25, 0.3) is 0 Å². The van der Waals surface area contributed by atoms with E-state index in [9.17, 15) is 4.79 Å². The first-order chi connectivity index (χ1) is 7.61. The molecule has 1 aliphatic heterocycles. The van der Waals surface area contributed by atoms with Gasteiger partial charge in [-0.05, 0) is 12.3 Å². The number of ether oxygens (including phenoxy) is 1. The predicted octanol–water partition coefficient (Wildman–Crippen LogP) is 1.22. The summed E-state index contributed by atoms with van der Waals surface area (Å²) in [5.41, 5.74) is 0. The van der Waals surface area contributed by atoms with E-state index in [-0.39, 0.29) is 18.1 Å². The largest absolute Gasteiger partial charge is 0.383 e. The summed E-state index contributed by atoms with van der Waals surface area (Å²) >= 11 is 0. The maximum Gasteiger partial charge on any atom is 0.241 e. The van der Waals surface area contributed by atoms with Crippen molar-refractivity contribution in [3.63, 3.8) is 0 Å². The van der Waals surface area contributed by atoms with Gasteiger partial charge in [0.1, 0.15) is 0 Å². The zero-order chi connectivity index (χ0) is 12.1. The molecule has 0 spiro atoms. The van der Waals surface area contributed by atoms with Crippen molar-refractivity contribution in [3.8, 4) is 0 Å². The normalized spacial score (nSPS) is 25.8. The van der Waals surface area contributed by atoms with Gasteiger partial charge >= 0.3 is 0 Å². The highest BCUT2D eigenvalue weighted by molar-refractivity contribution is 5.84. The first kappa shape index (κ1) is 13.5. The molecule has 2 atom stereocenters. The molecule has 4 heteroatoms. The quantitative estimate of drug-likeness (QED) is 0.743. The summed E-state index contributed by atoms with van der Waals surface area (Å²) in [5, 5.41) is 3.42. The molecule has 0 aromatic carbocycles. The zero-order valence-corrected chi connectivity index (χ0v) is 10.8. The maximum atomic E-state index is 12.1. The number of carbonyl (C=O) groups is 1. The van der Waals surface area contributed by atoms with Crippen LogP contribution in [0.25, 0.3) is 0 Å². The molecule has 0 bridgehead atoms. The zero-order valence-electron chi connectivity index (χ0n) is 10.8. The van der Waals surface area contributed by atoms with Crippen LogP contribution in [0.1, 0.15) is 33.6 Å². The summed E-state index contributed by atoms with van der Waals surface area (Å²) in [7, 11) is 1.67. The van der Waals surface area contributed by atoms with Crippen molar-refractivity contribution in [2.45, 2.75) is 45.8 Å². The molecule has 1 rings (SSSR count). The first-order valence-electron chi connectivity index (χ1n) is 6.17. The number of hydrogen-bond donors (Lipinski definition) is 1. The molecular formula is C12H24N2O2. The van der Waals surface area contributed by atoms with Gasteiger partial charge in [0.2, 0.25) is 5.91 Å². The van der Waals surface area contributed by atoms with E-state index in [1.807, 2.05) is 4.90 Å². The minimum Gasteiger partial charge on any atom is -0.383 e. The Hall–Kier alpha value is -0.610. The topological polar surface area (TPSA) is 41.6 Å². The van der Waals surface area contributed by atoms with Crippen LogP contribution in [-0.4, -0.2) is 43.3 Å². The van der Waals surface area contributed by atoms with Gasteiger partial charge in [-0.3, -0.25) is 10.1 Å². The van der Waals surface area contributed by atoms with Crippen LogP contribution >= 0.6 is 0 Å². The van der Waals surface area contributed by atoms with Gasteiger partial charge in [-0.15, -0.1) is 0 Å². The van der Waals surface area contributed by atoms with Crippen molar-refractivity contribution in [2.24, 2.45) is 5.92 Å². The van der Waals surface area contributed by atoms with Crippen LogP contribution in [-0.2, 0) is 9.53 Å². The summed E-state index contributed by atoms with van der Waals surface area (Å²) in [4.78, 5) is 14.1. The highest BCUT2D eigenvalue weighted by atomic mass is 16.5. The number of amides is 1. The molecular weight excluding hydrogens is 204 g/mol. The Bertz CT molecular complexity index is 231. The number of rotatable bonds is 6. The van der Waals surface area contributed by atoms with Gasteiger partial charge in [0.15, 0.2) is 0 Å². The molecule has 16 heavy (non-hydrogen) atoms. The predicted molar refractivity (Wildman–Crippen MR) is 64.0 cm³/mol. The second-order valence-electron chi connectivity index (χ2n) is 4.72. The fourth-order valence-corrected chi connectivity index (χ4v) is 2.15. The highest BCUT2D eigenvalue weighted by Gasteiger charge is 2.39. The number of methoxy groups -OCH3 is 1. The van der Waals surface area contributed by atoms with Crippen molar-refractivity contribution in [3.05, 3.63) is 0 Å². The molecule has 1 N–H and O–H groups in total. The molecule has 1 fully saturated rings. The van der Waals surface area contributed by atoms with E-state index < -0.39 is 0 Å². The summed E-state index contributed by atoms with van der Waals surface area (Å²) in [6, 6.07) is -0.0200. The Balaban J connectivity index is 2.64. The van der Waals surface area contributed by atoms with E-state index in [0.29, 0.717) is 19.1 Å². The van der Waals surface area contributed by atoms with Crippen LogP contribution < -0.4 is 5.32 Å². The van der Waals surface area contributed by atoms with Crippen LogP contribution in [0.5, 0.6) is 0 Å². The van der Waals surface area contributed by atoms with E-state index in [4.69, 9.17) is 4.74 Å². The van der Waals surface area contributed by atoms with E-state index >= 15 is 0 Å². The summed E-state index contributed by atoms with van der Waals surface area (Å²) in [6.45, 7) is 7.61. The molecule has 0 aromatic rings. The minimum absolute atomic E-state index is 0.0200. The lowest BCUT2D eigenvalue weighted by Crippen LogP contribution is -2.39. The maximum absolute atomic E-state index is 12.1. The fourth-order valence-electron chi connectivity index (χ4n) is 2.15. The van der Waals surface area contributed by atoms with Crippen LogP contribution in [0.15, 0.2) is 0 Å². The molecule has 94 valence electrons. The van der Waals surface area contributed by atoms with Crippen molar-refractivity contribution < 1.29 is 9.53 Å². The van der Waals surface area contributed by atoms with Crippen LogP contribution in [0.3, 0.4) is 0 Å². The van der Waals surface area contributed by atoms with Crippen molar-refractivity contribution in [1.82, 2.24) is 10.2 Å². The third-order valence-electron chi connectivity index (χ3n) is 3.06. The third kappa shape index (κ3) is 2.95. The smallest absolute Gasteiger partial charge is 0.241 e. The second-order valence-corrected chi connectivity index (χ2v) is 4.72. The Morgan fingerprint density at radius 3 is 2.69 bits per heavy atom. The molecule has 1 saturated heterocycles. The van der Waals surface area contributed by atoms with Gasteiger partial charge in [0, 0.05) is 13.7 Å². The van der Waals surface area contributed by atoms with Gasteiger partial charge in [-0.1, -0.05) is 27.2 Å². The van der Waals surface area contributed by atoms with E-state index in [0.717, 1.165) is 12.8 Å². The molecule has 0 radical (unpaired) electrons. The van der Waals surface area contributed by atoms with Crippen LogP contribution in [0.2, 0.25) is 0 Å². The lowest BCUT2D eigenvalue weighted by Gasteiger charge is -2.23. The SMILES string of the molecule is CCCC1NC(C(C)C)C(=O)N1CCOC. The van der Waals surface area contributed by atoms with Gasteiger partial charge in [-0.2, -0.15) is 0 Å². The average molecular weight is 228 g/mol.